The maximum Gasteiger partial charge on any atom is 0.306 e. The monoisotopic (exact) mass is 741 g/mol. The summed E-state index contributed by atoms with van der Waals surface area (Å²) in [6, 6.07) is 0. The Morgan fingerprint density at radius 1 is 0.491 bits per heavy atom. The summed E-state index contributed by atoms with van der Waals surface area (Å²) in [6.07, 6.45) is 53.1. The van der Waals surface area contributed by atoms with Gasteiger partial charge in [0.1, 0.15) is 19.3 Å². The first kappa shape index (κ1) is 50.3. The highest BCUT2D eigenvalue weighted by atomic mass is 16.6. The van der Waals surface area contributed by atoms with E-state index < -0.39 is 12.2 Å². The van der Waals surface area contributed by atoms with Gasteiger partial charge in [0, 0.05) is 12.8 Å². The lowest BCUT2D eigenvalue weighted by molar-refractivity contribution is -0.152. The van der Waals surface area contributed by atoms with Gasteiger partial charge in [-0.05, 0) is 44.9 Å². The first-order valence-corrected chi connectivity index (χ1v) is 21.6. The van der Waals surface area contributed by atoms with Crippen molar-refractivity contribution in [3.8, 4) is 0 Å². The van der Waals surface area contributed by atoms with Crippen LogP contribution in [0.4, 0.5) is 0 Å². The van der Waals surface area contributed by atoms with Crippen molar-refractivity contribution >= 4 is 11.9 Å². The highest BCUT2D eigenvalue weighted by molar-refractivity contribution is 5.70. The van der Waals surface area contributed by atoms with E-state index in [0.29, 0.717) is 19.3 Å². The third-order valence-corrected chi connectivity index (χ3v) is 9.05. The predicted octanol–water partition coefficient (Wildman–Crippen LogP) is 12.7. The molecule has 0 aliphatic rings. The van der Waals surface area contributed by atoms with Crippen LogP contribution in [0, 0.1) is 0 Å². The first-order valence-electron chi connectivity index (χ1n) is 21.6. The largest absolute Gasteiger partial charge is 0.463 e. The zero-order valence-electron chi connectivity index (χ0n) is 34.1. The fourth-order valence-corrected chi connectivity index (χ4v) is 5.78. The molecule has 0 aromatic carbocycles. The Balaban J connectivity index is 3.57. The molecule has 0 amide bonds. The van der Waals surface area contributed by atoms with Crippen molar-refractivity contribution in [2.75, 3.05) is 13.2 Å². The molecule has 53 heavy (non-hydrogen) atoms. The summed E-state index contributed by atoms with van der Waals surface area (Å²) in [5.74, 6) is -0.679. The van der Waals surface area contributed by atoms with Gasteiger partial charge in [0.15, 0.2) is 0 Å². The molecule has 0 fully saturated rings. The quantitative estimate of drug-likeness (QED) is 0.0283. The minimum absolute atomic E-state index is 0.150. The molecule has 304 valence electrons. The van der Waals surface area contributed by atoms with Gasteiger partial charge in [-0.25, -0.2) is 0 Å². The van der Waals surface area contributed by atoms with Crippen LogP contribution in [0.2, 0.25) is 0 Å². The predicted molar refractivity (Wildman–Crippen MR) is 225 cm³/mol. The van der Waals surface area contributed by atoms with Gasteiger partial charge in [-0.3, -0.25) is 9.59 Å². The minimum Gasteiger partial charge on any atom is -0.463 e. The third kappa shape index (κ3) is 41.9. The molecule has 0 aromatic heterocycles. The number of hydrogen-bond donors (Lipinski definition) is 2. The van der Waals surface area contributed by atoms with Gasteiger partial charge >= 0.3 is 11.9 Å². The number of aliphatic hydroxyl groups excluding tert-OH is 2. The third-order valence-electron chi connectivity index (χ3n) is 9.05. The van der Waals surface area contributed by atoms with Gasteiger partial charge in [0.2, 0.25) is 0 Å². The van der Waals surface area contributed by atoms with Crippen molar-refractivity contribution in [3.05, 3.63) is 72.9 Å². The second-order valence-corrected chi connectivity index (χ2v) is 14.3. The molecule has 0 saturated carbocycles. The molecule has 0 heterocycles. The molecule has 0 spiro atoms. The highest BCUT2D eigenvalue weighted by Crippen LogP contribution is 2.15. The van der Waals surface area contributed by atoms with Crippen molar-refractivity contribution in [1.82, 2.24) is 0 Å². The molecule has 2 N–H and O–H groups in total. The Kier molecular flexibility index (Phi) is 39.9. The first-order chi connectivity index (χ1) is 26.0. The maximum atomic E-state index is 12.0. The van der Waals surface area contributed by atoms with Crippen LogP contribution < -0.4 is 0 Å². The molecule has 6 heteroatoms. The molecule has 0 bridgehead atoms. The average molecular weight is 741 g/mol. The molecule has 0 aliphatic heterocycles. The lowest BCUT2D eigenvalue weighted by atomic mass is 10.0. The zero-order valence-corrected chi connectivity index (χ0v) is 34.1. The number of rotatable bonds is 38. The van der Waals surface area contributed by atoms with E-state index >= 15 is 0 Å². The van der Waals surface area contributed by atoms with Crippen LogP contribution in [-0.4, -0.2) is 47.6 Å². The van der Waals surface area contributed by atoms with Crippen molar-refractivity contribution in [3.63, 3.8) is 0 Å². The van der Waals surface area contributed by atoms with E-state index in [4.69, 9.17) is 9.47 Å². The van der Waals surface area contributed by atoms with Crippen molar-refractivity contribution in [2.24, 2.45) is 0 Å². The number of carbonyl (C=O) groups excluding carboxylic acids is 2. The number of unbranched alkanes of at least 4 members (excludes halogenated alkanes) is 18. The molecular formula is C47H80O6. The standard InChI is InChI=1S/C47H80O6/c1-3-5-7-8-9-10-11-12-13-14-15-16-17-20-23-26-29-32-36-40-46(50)52-42-45(49)43-53-47(51)41-37-33-30-27-24-21-18-19-22-25-28-31-35-39-44(48)38-34-6-4-2/h6,19,21-22,24,28,30-31,33-35,39,44-45,48-49H,3-5,7-18,20,23,25-27,29,32,36-38,40-43H2,1-2H3/b22-19-,24-21-,31-28+,33-30-,34-6-,39-35+/t44?,45-/m0/s1. The van der Waals surface area contributed by atoms with Crippen LogP contribution in [0.5, 0.6) is 0 Å². The summed E-state index contributed by atoms with van der Waals surface area (Å²) >= 11 is 0. The Hall–Kier alpha value is -2.70. The molecule has 0 saturated heterocycles. The number of allylic oxidation sites excluding steroid dienone is 10. The second kappa shape index (κ2) is 42.0. The lowest BCUT2D eigenvalue weighted by Gasteiger charge is -2.12. The summed E-state index contributed by atoms with van der Waals surface area (Å²) in [5, 5.41) is 19.8. The molecule has 2 atom stereocenters. The molecule has 0 aromatic rings. The molecule has 1 unspecified atom stereocenters. The Morgan fingerprint density at radius 3 is 1.42 bits per heavy atom. The van der Waals surface area contributed by atoms with Crippen LogP contribution in [0.25, 0.3) is 0 Å². The Morgan fingerprint density at radius 2 is 0.925 bits per heavy atom. The van der Waals surface area contributed by atoms with Gasteiger partial charge in [0.25, 0.3) is 0 Å². The van der Waals surface area contributed by atoms with Crippen LogP contribution in [0.3, 0.4) is 0 Å². The number of carbonyl (C=O) groups is 2. The van der Waals surface area contributed by atoms with Crippen LogP contribution in [-0.2, 0) is 19.1 Å². The van der Waals surface area contributed by atoms with Crippen molar-refractivity contribution < 1.29 is 29.3 Å². The summed E-state index contributed by atoms with van der Waals surface area (Å²) in [4.78, 5) is 24.0. The fourth-order valence-electron chi connectivity index (χ4n) is 5.78. The van der Waals surface area contributed by atoms with Gasteiger partial charge in [-0.1, -0.05) is 202 Å². The SMILES string of the molecule is CC/C=C\CC(O)/C=C/C=C/C/C=C\C/C=C\C/C=C\CCC(=O)OC[C@@H](O)COC(=O)CCCCCCCCCCCCCCCCCCCCC. The molecule has 0 aliphatic carbocycles. The van der Waals surface area contributed by atoms with Gasteiger partial charge in [0.05, 0.1) is 6.10 Å². The van der Waals surface area contributed by atoms with E-state index in [1.165, 1.54) is 103 Å². The number of hydrogen-bond acceptors (Lipinski definition) is 6. The fraction of sp³-hybridized carbons (Fsp3) is 0.702. The number of ether oxygens (including phenoxy) is 2. The van der Waals surface area contributed by atoms with Gasteiger partial charge in [-0.15, -0.1) is 0 Å². The van der Waals surface area contributed by atoms with E-state index in [1.54, 1.807) is 6.08 Å². The Labute approximate surface area is 326 Å². The minimum atomic E-state index is -1.01. The second-order valence-electron chi connectivity index (χ2n) is 14.3. The highest BCUT2D eigenvalue weighted by Gasteiger charge is 2.11. The van der Waals surface area contributed by atoms with E-state index in [2.05, 4.69) is 50.3 Å². The van der Waals surface area contributed by atoms with E-state index in [0.717, 1.165) is 44.9 Å². The maximum absolute atomic E-state index is 12.0. The van der Waals surface area contributed by atoms with Crippen LogP contribution in [0.15, 0.2) is 72.9 Å². The molecule has 6 nitrogen and oxygen atoms in total. The summed E-state index contributed by atoms with van der Waals surface area (Å²) < 4.78 is 10.3. The number of esters is 2. The average Bonchev–Trinajstić information content (AvgIpc) is 3.15. The lowest BCUT2D eigenvalue weighted by Crippen LogP contribution is -2.25. The normalized spacial score (nSPS) is 13.5. The van der Waals surface area contributed by atoms with Crippen LogP contribution in [0.1, 0.15) is 187 Å². The summed E-state index contributed by atoms with van der Waals surface area (Å²) in [6.45, 7) is 4.04. The van der Waals surface area contributed by atoms with Crippen molar-refractivity contribution in [1.29, 1.82) is 0 Å². The molecule has 0 rings (SSSR count). The molecule has 0 radical (unpaired) electrons. The van der Waals surface area contributed by atoms with E-state index in [1.807, 2.05) is 30.4 Å². The topological polar surface area (TPSA) is 93.1 Å². The molecular weight excluding hydrogens is 661 g/mol. The van der Waals surface area contributed by atoms with Gasteiger partial charge in [-0.2, -0.15) is 0 Å². The summed E-state index contributed by atoms with van der Waals surface area (Å²) in [5.41, 5.74) is 0. The van der Waals surface area contributed by atoms with Crippen LogP contribution >= 0.6 is 0 Å². The summed E-state index contributed by atoms with van der Waals surface area (Å²) in [7, 11) is 0. The smallest absolute Gasteiger partial charge is 0.306 e. The van der Waals surface area contributed by atoms with Crippen molar-refractivity contribution in [2.45, 2.75) is 199 Å². The van der Waals surface area contributed by atoms with E-state index in [9.17, 15) is 19.8 Å². The van der Waals surface area contributed by atoms with Gasteiger partial charge < -0.3 is 19.7 Å². The van der Waals surface area contributed by atoms with E-state index in [-0.39, 0.29) is 31.6 Å². The Bertz CT molecular complexity index is 991. The number of aliphatic hydroxyl groups is 2. The zero-order chi connectivity index (χ0) is 38.7.